The van der Waals surface area contributed by atoms with E-state index in [1.165, 1.54) is 7.11 Å². The summed E-state index contributed by atoms with van der Waals surface area (Å²) in [5, 5.41) is 9.79. The van der Waals surface area contributed by atoms with Crippen molar-refractivity contribution >= 4 is 21.9 Å². The molecule has 0 heterocycles. The van der Waals surface area contributed by atoms with Gasteiger partial charge in [0.15, 0.2) is 0 Å². The number of ether oxygens (including phenoxy) is 2. The summed E-state index contributed by atoms with van der Waals surface area (Å²) in [6, 6.07) is 5.16. The van der Waals surface area contributed by atoms with Gasteiger partial charge in [-0.1, -0.05) is 22.0 Å². The van der Waals surface area contributed by atoms with E-state index in [2.05, 4.69) is 20.7 Å². The number of halogens is 1. The van der Waals surface area contributed by atoms with E-state index >= 15 is 0 Å². The van der Waals surface area contributed by atoms with Gasteiger partial charge in [0, 0.05) is 4.47 Å². The number of rotatable bonds is 4. The number of aliphatic hydroxyl groups is 1. The Balaban J connectivity index is 2.83. The van der Waals surface area contributed by atoms with Crippen LogP contribution in [-0.4, -0.2) is 25.3 Å². The van der Waals surface area contributed by atoms with Gasteiger partial charge in [0.2, 0.25) is 0 Å². The lowest BCUT2D eigenvalue weighted by Gasteiger charge is -2.12. The number of aliphatic hydroxyl groups excluding tert-OH is 1. The van der Waals surface area contributed by atoms with Crippen molar-refractivity contribution in [2.24, 2.45) is 0 Å². The molecule has 1 aromatic rings. The molecule has 0 spiro atoms. The molecule has 0 aliphatic heterocycles. The van der Waals surface area contributed by atoms with E-state index in [1.807, 2.05) is 0 Å². The van der Waals surface area contributed by atoms with Crippen LogP contribution >= 0.6 is 15.9 Å². The molecule has 1 rings (SSSR count). The summed E-state index contributed by atoms with van der Waals surface area (Å²) >= 11 is 3.31. The zero-order valence-corrected chi connectivity index (χ0v) is 10.7. The van der Waals surface area contributed by atoms with Crippen molar-refractivity contribution in [2.45, 2.75) is 12.5 Å². The molecular formula is C11H13BrO4. The second-order valence-electron chi connectivity index (χ2n) is 3.18. The molecule has 0 saturated carbocycles. The first-order valence-electron chi connectivity index (χ1n) is 4.66. The van der Waals surface area contributed by atoms with Crippen LogP contribution in [0, 0.1) is 0 Å². The van der Waals surface area contributed by atoms with Gasteiger partial charge in [-0.25, -0.2) is 0 Å². The molecule has 1 N–H and O–H groups in total. The van der Waals surface area contributed by atoms with Gasteiger partial charge in [-0.05, 0) is 17.7 Å². The number of carbonyl (C=O) groups is 1. The van der Waals surface area contributed by atoms with Crippen molar-refractivity contribution < 1.29 is 19.4 Å². The summed E-state index contributed by atoms with van der Waals surface area (Å²) in [5.74, 6) is 0.233. The van der Waals surface area contributed by atoms with Crippen LogP contribution in [0.3, 0.4) is 0 Å². The predicted molar refractivity (Wildman–Crippen MR) is 62.3 cm³/mol. The fourth-order valence-electron chi connectivity index (χ4n) is 1.26. The molecule has 16 heavy (non-hydrogen) atoms. The third-order valence-electron chi connectivity index (χ3n) is 2.15. The van der Waals surface area contributed by atoms with Crippen molar-refractivity contribution in [3.63, 3.8) is 0 Å². The first kappa shape index (κ1) is 13.0. The normalized spacial score (nSPS) is 12.0. The Bertz CT molecular complexity index is 378. The molecule has 0 fully saturated rings. The van der Waals surface area contributed by atoms with E-state index in [0.29, 0.717) is 15.8 Å². The summed E-state index contributed by atoms with van der Waals surface area (Å²) in [7, 11) is 2.85. The maximum atomic E-state index is 11.0. The molecule has 0 unspecified atom stereocenters. The third-order valence-corrected chi connectivity index (χ3v) is 2.84. The van der Waals surface area contributed by atoms with Crippen molar-refractivity contribution in [3.8, 4) is 5.75 Å². The van der Waals surface area contributed by atoms with Crippen molar-refractivity contribution in [3.05, 3.63) is 28.2 Å². The van der Waals surface area contributed by atoms with Crippen LogP contribution in [0.5, 0.6) is 5.75 Å². The first-order chi connectivity index (χ1) is 7.58. The Morgan fingerprint density at radius 3 is 2.69 bits per heavy atom. The van der Waals surface area contributed by atoms with Crippen LogP contribution in [0.2, 0.25) is 0 Å². The fraction of sp³-hybridized carbons (Fsp3) is 0.364. The van der Waals surface area contributed by atoms with Gasteiger partial charge in [-0.15, -0.1) is 0 Å². The molecular weight excluding hydrogens is 276 g/mol. The highest BCUT2D eigenvalue weighted by molar-refractivity contribution is 9.10. The highest BCUT2D eigenvalue weighted by Gasteiger charge is 2.16. The fourth-order valence-corrected chi connectivity index (χ4v) is 1.88. The van der Waals surface area contributed by atoms with Gasteiger partial charge < -0.3 is 14.6 Å². The molecule has 88 valence electrons. The van der Waals surface area contributed by atoms with Crippen molar-refractivity contribution in [1.82, 2.24) is 0 Å². The Kier molecular flexibility index (Phi) is 4.76. The van der Waals surface area contributed by atoms with E-state index in [-0.39, 0.29) is 6.42 Å². The van der Waals surface area contributed by atoms with Gasteiger partial charge in [-0.3, -0.25) is 4.79 Å². The molecule has 0 bridgehead atoms. The average molecular weight is 289 g/mol. The molecule has 0 aromatic heterocycles. The Labute approximate surface area is 102 Å². The highest BCUT2D eigenvalue weighted by Crippen LogP contribution is 2.29. The number of esters is 1. The summed E-state index contributed by atoms with van der Waals surface area (Å²) in [6.07, 6.45) is -0.950. The van der Waals surface area contributed by atoms with Crippen LogP contribution in [-0.2, 0) is 9.53 Å². The second-order valence-corrected chi connectivity index (χ2v) is 4.04. The van der Waals surface area contributed by atoms with Gasteiger partial charge >= 0.3 is 5.97 Å². The lowest BCUT2D eigenvalue weighted by molar-refractivity contribution is -0.142. The van der Waals surface area contributed by atoms with Crippen molar-refractivity contribution in [2.75, 3.05) is 14.2 Å². The molecule has 5 heteroatoms. The van der Waals surface area contributed by atoms with Gasteiger partial charge in [0.25, 0.3) is 0 Å². The van der Waals surface area contributed by atoms with Crippen LogP contribution in [0.4, 0.5) is 0 Å². The van der Waals surface area contributed by atoms with Crippen LogP contribution in [0.15, 0.2) is 22.7 Å². The molecule has 1 aromatic carbocycles. The maximum absolute atomic E-state index is 11.0. The minimum absolute atomic E-state index is 0.0680. The first-order valence-corrected chi connectivity index (χ1v) is 5.46. The molecule has 0 saturated heterocycles. The summed E-state index contributed by atoms with van der Waals surface area (Å²) < 4.78 is 10.2. The van der Waals surface area contributed by atoms with E-state index in [4.69, 9.17) is 4.74 Å². The van der Waals surface area contributed by atoms with Gasteiger partial charge in [-0.2, -0.15) is 0 Å². The monoisotopic (exact) mass is 288 g/mol. The number of benzene rings is 1. The lowest BCUT2D eigenvalue weighted by atomic mass is 10.1. The second kappa shape index (κ2) is 5.86. The predicted octanol–water partition coefficient (Wildman–Crippen LogP) is 2.05. The molecule has 0 amide bonds. The number of hydrogen-bond acceptors (Lipinski definition) is 4. The van der Waals surface area contributed by atoms with Crippen molar-refractivity contribution in [1.29, 1.82) is 0 Å². The summed E-state index contributed by atoms with van der Waals surface area (Å²) in [5.41, 5.74) is 0.631. The standard InChI is InChI=1S/C11H13BrO4/c1-15-7-3-4-8(9(12)5-7)10(13)6-11(14)16-2/h3-5,10,13H,6H2,1-2H3/t10-/m1/s1. The zero-order valence-electron chi connectivity index (χ0n) is 9.07. The number of hydrogen-bond donors (Lipinski definition) is 1. The summed E-state index contributed by atoms with van der Waals surface area (Å²) in [6.45, 7) is 0. The quantitative estimate of drug-likeness (QED) is 0.862. The minimum atomic E-state index is -0.882. The smallest absolute Gasteiger partial charge is 0.308 e. The van der Waals surface area contributed by atoms with E-state index in [9.17, 15) is 9.90 Å². The van der Waals surface area contributed by atoms with E-state index in [0.717, 1.165) is 0 Å². The minimum Gasteiger partial charge on any atom is -0.497 e. The Hall–Kier alpha value is -1.07. The van der Waals surface area contributed by atoms with Crippen LogP contribution < -0.4 is 4.74 Å². The van der Waals surface area contributed by atoms with Gasteiger partial charge in [0.05, 0.1) is 26.7 Å². The van der Waals surface area contributed by atoms with Gasteiger partial charge in [0.1, 0.15) is 5.75 Å². The number of methoxy groups -OCH3 is 2. The third kappa shape index (κ3) is 3.21. The molecule has 0 aliphatic rings. The average Bonchev–Trinajstić information content (AvgIpc) is 2.28. The maximum Gasteiger partial charge on any atom is 0.308 e. The number of carbonyl (C=O) groups excluding carboxylic acids is 1. The lowest BCUT2D eigenvalue weighted by Crippen LogP contribution is -2.08. The van der Waals surface area contributed by atoms with E-state index < -0.39 is 12.1 Å². The molecule has 0 radical (unpaired) electrons. The van der Waals surface area contributed by atoms with Crippen LogP contribution in [0.1, 0.15) is 18.1 Å². The largest absolute Gasteiger partial charge is 0.497 e. The topological polar surface area (TPSA) is 55.8 Å². The highest BCUT2D eigenvalue weighted by atomic mass is 79.9. The SMILES string of the molecule is COC(=O)C[C@@H](O)c1ccc(OC)cc1Br. The molecule has 0 aliphatic carbocycles. The molecule has 4 nitrogen and oxygen atoms in total. The molecule has 1 atom stereocenters. The Morgan fingerprint density at radius 1 is 1.50 bits per heavy atom. The van der Waals surface area contributed by atoms with Crippen LogP contribution in [0.25, 0.3) is 0 Å². The summed E-state index contributed by atoms with van der Waals surface area (Å²) in [4.78, 5) is 11.0. The Morgan fingerprint density at radius 2 is 2.19 bits per heavy atom. The van der Waals surface area contributed by atoms with E-state index in [1.54, 1.807) is 25.3 Å². The zero-order chi connectivity index (χ0) is 12.1.